The van der Waals surface area contributed by atoms with Gasteiger partial charge in [-0.3, -0.25) is 14.9 Å². The van der Waals surface area contributed by atoms with E-state index in [4.69, 9.17) is 11.6 Å². The zero-order valence-corrected chi connectivity index (χ0v) is 17.2. The molecule has 1 heterocycles. The maximum Gasteiger partial charge on any atom is 0.321 e. The zero-order chi connectivity index (χ0) is 21.3. The summed E-state index contributed by atoms with van der Waals surface area (Å²) in [5.41, 5.74) is 3.36. The van der Waals surface area contributed by atoms with Crippen molar-refractivity contribution in [1.82, 2.24) is 5.32 Å². The number of rotatable bonds is 5. The van der Waals surface area contributed by atoms with Crippen LogP contribution in [0.4, 0.5) is 0 Å². The fourth-order valence-electron chi connectivity index (χ4n) is 4.31. The first-order valence-corrected chi connectivity index (χ1v) is 10.2. The molecule has 1 aliphatic rings. The third kappa shape index (κ3) is 3.89. The summed E-state index contributed by atoms with van der Waals surface area (Å²) < 4.78 is 0. The standard InChI is InChI=1S/C25H22ClNO3/c1-15-7-9-17(10-8-15)22-21(24(28)18-5-3-2-4-6-18)20(23(27-22)25(29)30)16-11-13-19(26)14-12-16/h2-14,20-23,27H,1H3,(H,29,30). The second-order valence-electron chi connectivity index (χ2n) is 7.70. The molecule has 3 aromatic carbocycles. The van der Waals surface area contributed by atoms with Gasteiger partial charge in [0.2, 0.25) is 0 Å². The number of carbonyl (C=O) groups excluding carboxylic acids is 1. The summed E-state index contributed by atoms with van der Waals surface area (Å²) in [6.45, 7) is 2.00. The molecule has 0 amide bonds. The average molecular weight is 420 g/mol. The van der Waals surface area contributed by atoms with E-state index in [1.807, 2.05) is 61.5 Å². The number of carbonyl (C=O) groups is 2. The highest BCUT2D eigenvalue weighted by Gasteiger charge is 2.50. The molecule has 30 heavy (non-hydrogen) atoms. The summed E-state index contributed by atoms with van der Waals surface area (Å²) in [6, 6.07) is 22.7. The molecule has 4 rings (SSSR count). The van der Waals surface area contributed by atoms with E-state index in [0.29, 0.717) is 10.6 Å². The Kier molecular flexibility index (Phi) is 5.71. The van der Waals surface area contributed by atoms with E-state index in [1.165, 1.54) is 0 Å². The van der Waals surface area contributed by atoms with E-state index in [9.17, 15) is 14.7 Å². The van der Waals surface area contributed by atoms with Gasteiger partial charge < -0.3 is 5.11 Å². The van der Waals surface area contributed by atoms with Gasteiger partial charge in [0, 0.05) is 22.5 Å². The second-order valence-corrected chi connectivity index (χ2v) is 8.14. The lowest BCUT2D eigenvalue weighted by Gasteiger charge is -2.24. The van der Waals surface area contributed by atoms with Crippen LogP contribution >= 0.6 is 11.6 Å². The number of ketones is 1. The number of carboxylic acid groups (broad SMARTS) is 1. The fourth-order valence-corrected chi connectivity index (χ4v) is 4.44. The van der Waals surface area contributed by atoms with Crippen LogP contribution in [0.25, 0.3) is 0 Å². The van der Waals surface area contributed by atoms with Crippen molar-refractivity contribution in [1.29, 1.82) is 0 Å². The van der Waals surface area contributed by atoms with Gasteiger partial charge in [0.05, 0.1) is 5.92 Å². The number of halogens is 1. The quantitative estimate of drug-likeness (QED) is 0.569. The van der Waals surface area contributed by atoms with E-state index in [-0.39, 0.29) is 5.78 Å². The number of benzene rings is 3. The molecule has 1 aliphatic heterocycles. The monoisotopic (exact) mass is 419 g/mol. The molecule has 0 aromatic heterocycles. The third-order valence-electron chi connectivity index (χ3n) is 5.78. The number of hydrogen-bond donors (Lipinski definition) is 2. The minimum Gasteiger partial charge on any atom is -0.480 e. The van der Waals surface area contributed by atoms with E-state index in [0.717, 1.165) is 16.7 Å². The van der Waals surface area contributed by atoms with Gasteiger partial charge in [0.25, 0.3) is 0 Å². The van der Waals surface area contributed by atoms with Crippen molar-refractivity contribution in [2.45, 2.75) is 24.9 Å². The molecule has 0 radical (unpaired) electrons. The largest absolute Gasteiger partial charge is 0.480 e. The molecule has 0 aliphatic carbocycles. The van der Waals surface area contributed by atoms with Crippen LogP contribution in [0.3, 0.4) is 0 Å². The Bertz CT molecular complexity index is 1050. The summed E-state index contributed by atoms with van der Waals surface area (Å²) in [6.07, 6.45) is 0. The topological polar surface area (TPSA) is 66.4 Å². The highest BCUT2D eigenvalue weighted by atomic mass is 35.5. The van der Waals surface area contributed by atoms with Crippen LogP contribution in [0.2, 0.25) is 5.02 Å². The highest BCUT2D eigenvalue weighted by Crippen LogP contribution is 2.45. The second kappa shape index (κ2) is 8.42. The van der Waals surface area contributed by atoms with Crippen molar-refractivity contribution in [3.63, 3.8) is 0 Å². The molecule has 4 unspecified atom stereocenters. The molecule has 1 saturated heterocycles. The first kappa shape index (κ1) is 20.3. The minimum atomic E-state index is -0.976. The van der Waals surface area contributed by atoms with Crippen LogP contribution in [0, 0.1) is 12.8 Å². The smallest absolute Gasteiger partial charge is 0.321 e. The predicted octanol–water partition coefficient (Wildman–Crippen LogP) is 5.03. The van der Waals surface area contributed by atoms with E-state index < -0.39 is 29.9 Å². The van der Waals surface area contributed by atoms with Crippen LogP contribution in [-0.2, 0) is 4.79 Å². The summed E-state index contributed by atoms with van der Waals surface area (Å²) in [5, 5.41) is 13.8. The van der Waals surface area contributed by atoms with Crippen molar-refractivity contribution in [2.75, 3.05) is 0 Å². The lowest BCUT2D eigenvalue weighted by molar-refractivity contribution is -0.139. The third-order valence-corrected chi connectivity index (χ3v) is 6.03. The van der Waals surface area contributed by atoms with E-state index in [1.54, 1.807) is 24.3 Å². The summed E-state index contributed by atoms with van der Waals surface area (Å²) in [7, 11) is 0. The van der Waals surface area contributed by atoms with Crippen molar-refractivity contribution in [2.24, 2.45) is 5.92 Å². The molecule has 2 N–H and O–H groups in total. The Morgan fingerprint density at radius 1 is 0.867 bits per heavy atom. The van der Waals surface area contributed by atoms with Gasteiger partial charge >= 0.3 is 5.97 Å². The van der Waals surface area contributed by atoms with Crippen LogP contribution in [0.15, 0.2) is 78.9 Å². The molecule has 0 bridgehead atoms. The van der Waals surface area contributed by atoms with Crippen molar-refractivity contribution < 1.29 is 14.7 Å². The summed E-state index contributed by atoms with van der Waals surface area (Å²) in [4.78, 5) is 25.8. The maximum atomic E-state index is 13.7. The molecule has 3 aromatic rings. The van der Waals surface area contributed by atoms with Gasteiger partial charge in [-0.05, 0) is 30.2 Å². The summed E-state index contributed by atoms with van der Waals surface area (Å²) in [5.74, 6) is -2.15. The Morgan fingerprint density at radius 3 is 2.07 bits per heavy atom. The number of hydrogen-bond acceptors (Lipinski definition) is 3. The van der Waals surface area contributed by atoms with Crippen LogP contribution in [0.1, 0.15) is 39.0 Å². The van der Waals surface area contributed by atoms with Crippen molar-refractivity contribution in [3.8, 4) is 0 Å². The van der Waals surface area contributed by atoms with Crippen LogP contribution in [0.5, 0.6) is 0 Å². The number of nitrogens with one attached hydrogen (secondary N) is 1. The van der Waals surface area contributed by atoms with Crippen LogP contribution < -0.4 is 5.32 Å². The first-order valence-electron chi connectivity index (χ1n) is 9.86. The molecule has 5 heteroatoms. The summed E-state index contributed by atoms with van der Waals surface area (Å²) >= 11 is 6.05. The van der Waals surface area contributed by atoms with E-state index in [2.05, 4.69) is 5.32 Å². The van der Waals surface area contributed by atoms with Gasteiger partial charge in [0.1, 0.15) is 6.04 Å². The van der Waals surface area contributed by atoms with Crippen molar-refractivity contribution in [3.05, 3.63) is 106 Å². The predicted molar refractivity (Wildman–Crippen MR) is 117 cm³/mol. The van der Waals surface area contributed by atoms with Gasteiger partial charge in [-0.15, -0.1) is 0 Å². The molecule has 0 saturated carbocycles. The fraction of sp³-hybridized carbons (Fsp3) is 0.200. The van der Waals surface area contributed by atoms with Gasteiger partial charge in [-0.1, -0.05) is 83.9 Å². The minimum absolute atomic E-state index is 0.0719. The molecular formula is C25H22ClNO3. The first-order chi connectivity index (χ1) is 14.5. The Hall–Kier alpha value is -2.95. The van der Waals surface area contributed by atoms with Crippen LogP contribution in [-0.4, -0.2) is 22.9 Å². The normalized spacial score (nSPS) is 23.3. The molecule has 1 fully saturated rings. The number of aliphatic carboxylic acids is 1. The van der Waals surface area contributed by atoms with Crippen molar-refractivity contribution >= 4 is 23.4 Å². The van der Waals surface area contributed by atoms with E-state index >= 15 is 0 Å². The number of carboxylic acids is 1. The Morgan fingerprint density at radius 2 is 1.47 bits per heavy atom. The maximum absolute atomic E-state index is 13.7. The molecule has 152 valence electrons. The SMILES string of the molecule is Cc1ccc(C2NC(C(=O)O)C(c3ccc(Cl)cc3)C2C(=O)c2ccccc2)cc1. The zero-order valence-electron chi connectivity index (χ0n) is 16.5. The Labute approximate surface area is 180 Å². The molecule has 0 spiro atoms. The number of Topliss-reactive ketones (excluding diaryl/α,β-unsaturated/α-hetero) is 1. The van der Waals surface area contributed by atoms with Gasteiger partial charge in [-0.2, -0.15) is 0 Å². The Balaban J connectivity index is 1.85. The van der Waals surface area contributed by atoms with Gasteiger partial charge in [-0.25, -0.2) is 0 Å². The lowest BCUT2D eigenvalue weighted by Crippen LogP contribution is -2.35. The number of aryl methyl sites for hydroxylation is 1. The highest BCUT2D eigenvalue weighted by molar-refractivity contribution is 6.30. The molecule has 4 atom stereocenters. The average Bonchev–Trinajstić information content (AvgIpc) is 3.16. The van der Waals surface area contributed by atoms with Gasteiger partial charge in [0.15, 0.2) is 5.78 Å². The lowest BCUT2D eigenvalue weighted by atomic mass is 9.76. The molecular weight excluding hydrogens is 398 g/mol. The molecule has 4 nitrogen and oxygen atoms in total.